The number of aliphatic carboxylic acids is 1. The largest absolute Gasteiger partial charge is 0.480 e. The number of alkyl carbamates (subject to hydrolysis) is 1. The van der Waals surface area contributed by atoms with Gasteiger partial charge in [-0.3, -0.25) is 0 Å². The van der Waals surface area contributed by atoms with E-state index in [2.05, 4.69) is 38.4 Å². The van der Waals surface area contributed by atoms with Gasteiger partial charge in [-0.25, -0.2) is 14.6 Å². The number of nitrogens with zero attached hydrogens (tertiary/aromatic N) is 1. The summed E-state index contributed by atoms with van der Waals surface area (Å²) < 4.78 is 6.05. The Bertz CT molecular complexity index is 1060. The highest BCUT2D eigenvalue weighted by Crippen LogP contribution is 2.44. The van der Waals surface area contributed by atoms with Crippen LogP contribution in [-0.2, 0) is 16.0 Å². The van der Waals surface area contributed by atoms with Crippen LogP contribution in [-0.4, -0.2) is 34.8 Å². The summed E-state index contributed by atoms with van der Waals surface area (Å²) >= 11 is 3.26. The lowest BCUT2D eigenvalue weighted by Crippen LogP contribution is -2.42. The smallest absolute Gasteiger partial charge is 0.407 e. The Labute approximate surface area is 182 Å². The number of halogens is 1. The van der Waals surface area contributed by atoms with Crippen molar-refractivity contribution in [2.24, 2.45) is 0 Å². The average Bonchev–Trinajstić information content (AvgIpc) is 3.06. The van der Waals surface area contributed by atoms with Crippen LogP contribution in [0.4, 0.5) is 4.79 Å². The van der Waals surface area contributed by atoms with E-state index < -0.39 is 18.1 Å². The van der Waals surface area contributed by atoms with Gasteiger partial charge in [0.2, 0.25) is 0 Å². The molecule has 152 valence electrons. The lowest BCUT2D eigenvalue weighted by Gasteiger charge is -2.17. The van der Waals surface area contributed by atoms with Crippen molar-refractivity contribution >= 4 is 28.0 Å². The van der Waals surface area contributed by atoms with Gasteiger partial charge >= 0.3 is 12.1 Å². The number of fused-ring (bicyclic) bond motifs is 3. The number of carboxylic acids is 1. The Hall–Kier alpha value is -3.19. The third-order valence-electron chi connectivity index (χ3n) is 5.16. The third kappa shape index (κ3) is 4.21. The number of hydrogen-bond acceptors (Lipinski definition) is 4. The highest BCUT2D eigenvalue weighted by Gasteiger charge is 2.29. The molecule has 1 atom stereocenters. The molecule has 1 aliphatic rings. The number of ether oxygens (including phenoxy) is 1. The Morgan fingerprint density at radius 2 is 1.70 bits per heavy atom. The number of carbonyl (C=O) groups excluding carboxylic acids is 1. The fourth-order valence-corrected chi connectivity index (χ4v) is 4.20. The molecule has 1 aliphatic carbocycles. The van der Waals surface area contributed by atoms with Crippen molar-refractivity contribution in [3.8, 4) is 11.1 Å². The molecule has 1 amide bonds. The first-order valence-electron chi connectivity index (χ1n) is 9.47. The molecule has 1 heterocycles. The van der Waals surface area contributed by atoms with Crippen LogP contribution in [0.15, 0.2) is 71.5 Å². The Kier molecular flexibility index (Phi) is 5.81. The molecule has 6 nitrogen and oxygen atoms in total. The summed E-state index contributed by atoms with van der Waals surface area (Å²) in [5, 5.41) is 12.0. The van der Waals surface area contributed by atoms with Gasteiger partial charge in [0.05, 0.1) is 0 Å². The van der Waals surface area contributed by atoms with Crippen LogP contribution in [0.25, 0.3) is 11.1 Å². The van der Waals surface area contributed by atoms with Gasteiger partial charge in [0.25, 0.3) is 0 Å². The third-order valence-corrected chi connectivity index (χ3v) is 5.60. The van der Waals surface area contributed by atoms with Crippen molar-refractivity contribution < 1.29 is 19.4 Å². The summed E-state index contributed by atoms with van der Waals surface area (Å²) in [5.41, 5.74) is 5.21. The molecule has 0 bridgehead atoms. The zero-order chi connectivity index (χ0) is 21.1. The normalized spacial score (nSPS) is 13.2. The van der Waals surface area contributed by atoms with E-state index in [1.54, 1.807) is 18.3 Å². The first kappa shape index (κ1) is 20.1. The van der Waals surface area contributed by atoms with E-state index in [1.165, 1.54) is 0 Å². The lowest BCUT2D eigenvalue weighted by molar-refractivity contribution is -0.139. The summed E-state index contributed by atoms with van der Waals surface area (Å²) in [6.45, 7) is 0.132. The molecule has 4 rings (SSSR count). The van der Waals surface area contributed by atoms with Crippen LogP contribution < -0.4 is 5.32 Å². The van der Waals surface area contributed by atoms with E-state index in [0.29, 0.717) is 4.60 Å². The number of benzene rings is 2. The van der Waals surface area contributed by atoms with Gasteiger partial charge in [0.15, 0.2) is 0 Å². The molecule has 0 radical (unpaired) electrons. The lowest BCUT2D eigenvalue weighted by atomic mass is 9.98. The molecule has 2 aromatic carbocycles. The maximum Gasteiger partial charge on any atom is 0.407 e. The van der Waals surface area contributed by atoms with Gasteiger partial charge in [-0.2, -0.15) is 0 Å². The van der Waals surface area contributed by atoms with Crippen molar-refractivity contribution in [3.63, 3.8) is 0 Å². The van der Waals surface area contributed by atoms with Crippen molar-refractivity contribution in [1.29, 1.82) is 0 Å². The topological polar surface area (TPSA) is 88.5 Å². The van der Waals surface area contributed by atoms with E-state index in [4.69, 9.17) is 4.74 Å². The second kappa shape index (κ2) is 8.67. The highest BCUT2D eigenvalue weighted by molar-refractivity contribution is 9.10. The van der Waals surface area contributed by atoms with Crippen LogP contribution in [0.2, 0.25) is 0 Å². The minimum Gasteiger partial charge on any atom is -0.480 e. The van der Waals surface area contributed by atoms with E-state index in [1.807, 2.05) is 36.4 Å². The minimum absolute atomic E-state index is 0.0809. The van der Waals surface area contributed by atoms with Crippen LogP contribution in [0.3, 0.4) is 0 Å². The second-order valence-corrected chi connectivity index (χ2v) is 7.86. The van der Waals surface area contributed by atoms with Gasteiger partial charge in [-0.15, -0.1) is 0 Å². The number of aromatic nitrogens is 1. The van der Waals surface area contributed by atoms with Gasteiger partial charge in [-0.1, -0.05) is 48.5 Å². The predicted molar refractivity (Wildman–Crippen MR) is 115 cm³/mol. The van der Waals surface area contributed by atoms with Crippen LogP contribution in [0, 0.1) is 0 Å². The number of amides is 1. The van der Waals surface area contributed by atoms with Crippen LogP contribution in [0.1, 0.15) is 22.6 Å². The molecule has 1 unspecified atom stereocenters. The molecule has 2 N–H and O–H groups in total. The molecule has 0 saturated carbocycles. The van der Waals surface area contributed by atoms with Crippen molar-refractivity contribution in [3.05, 3.63) is 88.2 Å². The fourth-order valence-electron chi connectivity index (χ4n) is 3.79. The summed E-state index contributed by atoms with van der Waals surface area (Å²) in [5.74, 6) is -1.21. The molecule has 0 fully saturated rings. The molecular weight excluding hydrogens is 448 g/mol. The maximum atomic E-state index is 12.4. The molecule has 7 heteroatoms. The Morgan fingerprint density at radius 1 is 1.07 bits per heavy atom. The summed E-state index contributed by atoms with van der Waals surface area (Å²) in [7, 11) is 0. The van der Waals surface area contributed by atoms with Crippen LogP contribution >= 0.6 is 15.9 Å². The average molecular weight is 467 g/mol. The molecule has 0 spiro atoms. The quantitative estimate of drug-likeness (QED) is 0.526. The monoisotopic (exact) mass is 466 g/mol. The number of nitrogens with one attached hydrogen (secondary N) is 1. The number of rotatable bonds is 6. The maximum absolute atomic E-state index is 12.4. The van der Waals surface area contributed by atoms with E-state index in [9.17, 15) is 14.7 Å². The number of pyridine rings is 1. The summed E-state index contributed by atoms with van der Waals surface area (Å²) in [4.78, 5) is 28.0. The van der Waals surface area contributed by atoms with Crippen molar-refractivity contribution in [2.75, 3.05) is 6.61 Å². The van der Waals surface area contributed by atoms with E-state index in [-0.39, 0.29) is 18.9 Å². The van der Waals surface area contributed by atoms with Gasteiger partial charge in [0.1, 0.15) is 17.3 Å². The molecular formula is C23H19BrN2O4. The number of hydrogen-bond donors (Lipinski definition) is 2. The van der Waals surface area contributed by atoms with E-state index in [0.717, 1.165) is 27.8 Å². The van der Waals surface area contributed by atoms with E-state index >= 15 is 0 Å². The molecule has 1 aromatic heterocycles. The number of carboxylic acid groups (broad SMARTS) is 1. The van der Waals surface area contributed by atoms with Gasteiger partial charge < -0.3 is 15.2 Å². The van der Waals surface area contributed by atoms with Crippen LogP contribution in [0.5, 0.6) is 0 Å². The molecule has 30 heavy (non-hydrogen) atoms. The molecule has 0 aliphatic heterocycles. The first-order chi connectivity index (χ1) is 14.5. The Morgan fingerprint density at radius 3 is 2.30 bits per heavy atom. The Balaban J connectivity index is 1.43. The molecule has 0 saturated heterocycles. The predicted octanol–water partition coefficient (Wildman–Crippen LogP) is 4.38. The van der Waals surface area contributed by atoms with Gasteiger partial charge in [0, 0.05) is 18.5 Å². The van der Waals surface area contributed by atoms with Crippen molar-refractivity contribution in [2.45, 2.75) is 18.4 Å². The SMILES string of the molecule is O=C(NC(Cc1ccnc(Br)c1)C(=O)O)OCC1c2ccccc2-c2ccccc21. The van der Waals surface area contributed by atoms with Crippen molar-refractivity contribution in [1.82, 2.24) is 10.3 Å². The first-order valence-corrected chi connectivity index (χ1v) is 10.3. The minimum atomic E-state index is -1.13. The zero-order valence-corrected chi connectivity index (χ0v) is 17.5. The second-order valence-electron chi connectivity index (χ2n) is 7.05. The highest BCUT2D eigenvalue weighted by atomic mass is 79.9. The summed E-state index contributed by atoms with van der Waals surface area (Å²) in [6.07, 6.45) is 0.948. The fraction of sp³-hybridized carbons (Fsp3) is 0.174. The van der Waals surface area contributed by atoms with Gasteiger partial charge in [-0.05, 0) is 55.9 Å². The standard InChI is InChI=1S/C23H19BrN2O4/c24-21-12-14(9-10-25-21)11-20(22(27)28)26-23(29)30-13-19-17-7-3-1-5-15(17)16-6-2-4-8-18(16)19/h1-10,12,19-20H,11,13H2,(H,26,29)(H,27,28). The number of carbonyl (C=O) groups is 2. The zero-order valence-electron chi connectivity index (χ0n) is 15.9. The molecule has 3 aromatic rings. The summed E-state index contributed by atoms with van der Waals surface area (Å²) in [6, 6.07) is 18.4.